The molecule has 2 aromatic rings. The fourth-order valence-electron chi connectivity index (χ4n) is 1.31. The summed E-state index contributed by atoms with van der Waals surface area (Å²) in [6, 6.07) is 5.61. The Balaban J connectivity index is 2.17. The number of oxazole rings is 1. The molecule has 0 aliphatic rings. The van der Waals surface area contributed by atoms with E-state index in [2.05, 4.69) is 26.2 Å². The topological polar surface area (TPSA) is 55.1 Å². The van der Waals surface area contributed by atoms with Gasteiger partial charge in [0.05, 0.1) is 5.69 Å². The van der Waals surface area contributed by atoms with Crippen molar-refractivity contribution in [3.63, 3.8) is 0 Å². The molecule has 88 valence electrons. The number of nitrogens with one attached hydrogen (secondary N) is 1. The zero-order valence-corrected chi connectivity index (χ0v) is 11.0. The number of carbonyl (C=O) groups excluding carboxylic acids is 1. The number of nitrogens with zero attached hydrogens (tertiary/aromatic N) is 1. The van der Waals surface area contributed by atoms with Gasteiger partial charge in [-0.15, -0.1) is 0 Å². The molecule has 1 aromatic heterocycles. The van der Waals surface area contributed by atoms with Crippen molar-refractivity contribution in [2.45, 2.75) is 13.8 Å². The highest BCUT2D eigenvalue weighted by Gasteiger charge is 2.10. The average Bonchev–Trinajstić information content (AvgIpc) is 2.68. The molecule has 0 saturated carbocycles. The van der Waals surface area contributed by atoms with Crippen LogP contribution in [0.2, 0.25) is 0 Å². The van der Waals surface area contributed by atoms with Gasteiger partial charge in [0.1, 0.15) is 6.26 Å². The Hall–Kier alpha value is -1.62. The summed E-state index contributed by atoms with van der Waals surface area (Å²) in [4.78, 5) is 15.9. The smallest absolute Gasteiger partial charge is 0.301 e. The van der Waals surface area contributed by atoms with Gasteiger partial charge in [0.15, 0.2) is 0 Å². The first-order chi connectivity index (χ1) is 8.06. The molecular formula is C12H11BrN2O2. The van der Waals surface area contributed by atoms with E-state index in [1.54, 1.807) is 19.1 Å². The SMILES string of the molecule is Cc1coc(NC(=O)c2ccc(C)c(Br)c2)n1. The Morgan fingerprint density at radius 1 is 1.41 bits per heavy atom. The van der Waals surface area contributed by atoms with Gasteiger partial charge in [-0.3, -0.25) is 10.1 Å². The summed E-state index contributed by atoms with van der Waals surface area (Å²) in [7, 11) is 0. The Kier molecular flexibility index (Phi) is 3.28. The second kappa shape index (κ2) is 4.71. The van der Waals surface area contributed by atoms with E-state index >= 15 is 0 Å². The largest absolute Gasteiger partial charge is 0.432 e. The summed E-state index contributed by atoms with van der Waals surface area (Å²) in [5.41, 5.74) is 2.36. The molecule has 2 rings (SSSR count). The molecule has 0 radical (unpaired) electrons. The number of aryl methyl sites for hydroxylation is 2. The van der Waals surface area contributed by atoms with E-state index in [9.17, 15) is 4.79 Å². The number of carbonyl (C=O) groups is 1. The minimum absolute atomic E-state index is 0.212. The van der Waals surface area contributed by atoms with E-state index in [1.807, 2.05) is 13.0 Å². The molecule has 0 unspecified atom stereocenters. The van der Waals surface area contributed by atoms with Crippen molar-refractivity contribution in [2.24, 2.45) is 0 Å². The molecule has 1 amide bonds. The summed E-state index contributed by atoms with van der Waals surface area (Å²) in [5.74, 6) is -0.243. The zero-order chi connectivity index (χ0) is 12.4. The van der Waals surface area contributed by atoms with Gasteiger partial charge >= 0.3 is 6.01 Å². The second-order valence-corrected chi connectivity index (χ2v) is 4.57. The number of amides is 1. The number of anilines is 1. The predicted molar refractivity (Wildman–Crippen MR) is 68.1 cm³/mol. The van der Waals surface area contributed by atoms with E-state index < -0.39 is 0 Å². The second-order valence-electron chi connectivity index (χ2n) is 3.71. The van der Waals surface area contributed by atoms with E-state index in [-0.39, 0.29) is 11.9 Å². The van der Waals surface area contributed by atoms with Gasteiger partial charge in [0.2, 0.25) is 0 Å². The number of aromatic nitrogens is 1. The highest BCUT2D eigenvalue weighted by molar-refractivity contribution is 9.10. The van der Waals surface area contributed by atoms with Gasteiger partial charge in [-0.1, -0.05) is 22.0 Å². The first kappa shape index (κ1) is 11.9. The normalized spacial score (nSPS) is 10.3. The lowest BCUT2D eigenvalue weighted by molar-refractivity contribution is 0.102. The lowest BCUT2D eigenvalue weighted by Crippen LogP contribution is -2.12. The Morgan fingerprint density at radius 3 is 2.76 bits per heavy atom. The maximum atomic E-state index is 11.9. The van der Waals surface area contributed by atoms with E-state index in [1.165, 1.54) is 6.26 Å². The fourth-order valence-corrected chi connectivity index (χ4v) is 1.69. The van der Waals surface area contributed by atoms with Crippen molar-refractivity contribution in [3.05, 3.63) is 45.8 Å². The summed E-state index contributed by atoms with van der Waals surface area (Å²) in [6.07, 6.45) is 1.49. The molecule has 0 aliphatic carbocycles. The quantitative estimate of drug-likeness (QED) is 0.924. The van der Waals surface area contributed by atoms with Crippen LogP contribution in [0.25, 0.3) is 0 Å². The molecule has 0 saturated heterocycles. The maximum absolute atomic E-state index is 11.9. The molecule has 1 N–H and O–H groups in total. The van der Waals surface area contributed by atoms with Crippen LogP contribution in [0.15, 0.2) is 33.4 Å². The molecule has 1 aromatic carbocycles. The Bertz CT molecular complexity index is 563. The minimum Gasteiger partial charge on any atom is -0.432 e. The van der Waals surface area contributed by atoms with Crippen LogP contribution in [-0.4, -0.2) is 10.9 Å². The molecule has 4 nitrogen and oxygen atoms in total. The van der Waals surface area contributed by atoms with E-state index in [0.29, 0.717) is 5.56 Å². The van der Waals surface area contributed by atoms with Gasteiger partial charge in [0, 0.05) is 10.0 Å². The third-order valence-electron chi connectivity index (χ3n) is 2.27. The first-order valence-corrected chi connectivity index (χ1v) is 5.85. The van der Waals surface area contributed by atoms with Crippen LogP contribution in [-0.2, 0) is 0 Å². The van der Waals surface area contributed by atoms with Crippen LogP contribution < -0.4 is 5.32 Å². The zero-order valence-electron chi connectivity index (χ0n) is 9.45. The summed E-state index contributed by atoms with van der Waals surface area (Å²) in [5, 5.41) is 2.59. The van der Waals surface area contributed by atoms with Gasteiger partial charge < -0.3 is 4.42 Å². The minimum atomic E-state index is -0.243. The summed E-state index contributed by atoms with van der Waals surface area (Å²) in [6.45, 7) is 3.75. The molecular weight excluding hydrogens is 284 g/mol. The van der Waals surface area contributed by atoms with Gasteiger partial charge in [-0.25, -0.2) is 0 Å². The number of hydrogen-bond donors (Lipinski definition) is 1. The van der Waals surface area contributed by atoms with E-state index in [4.69, 9.17) is 4.42 Å². The Labute approximate surface area is 107 Å². The molecule has 0 atom stereocenters. The molecule has 0 fully saturated rings. The van der Waals surface area contributed by atoms with E-state index in [0.717, 1.165) is 15.7 Å². The highest BCUT2D eigenvalue weighted by atomic mass is 79.9. The van der Waals surface area contributed by atoms with Crippen molar-refractivity contribution in [1.29, 1.82) is 0 Å². The van der Waals surface area contributed by atoms with Crippen LogP contribution in [0.5, 0.6) is 0 Å². The van der Waals surface area contributed by atoms with Gasteiger partial charge in [-0.05, 0) is 31.5 Å². The van der Waals surface area contributed by atoms with Gasteiger partial charge in [-0.2, -0.15) is 4.98 Å². The number of benzene rings is 1. The fraction of sp³-hybridized carbons (Fsp3) is 0.167. The molecule has 17 heavy (non-hydrogen) atoms. The number of rotatable bonds is 2. The predicted octanol–water partition coefficient (Wildman–Crippen LogP) is 3.31. The first-order valence-electron chi connectivity index (χ1n) is 5.06. The van der Waals surface area contributed by atoms with Crippen LogP contribution in [0.3, 0.4) is 0 Å². The highest BCUT2D eigenvalue weighted by Crippen LogP contribution is 2.18. The standard InChI is InChI=1S/C12H11BrN2O2/c1-7-3-4-9(5-10(7)13)11(16)15-12-14-8(2)6-17-12/h3-6H,1-2H3,(H,14,15,16). The van der Waals surface area contributed by atoms with Gasteiger partial charge in [0.25, 0.3) is 5.91 Å². The third-order valence-corrected chi connectivity index (χ3v) is 3.13. The molecule has 0 bridgehead atoms. The summed E-state index contributed by atoms with van der Waals surface area (Å²) < 4.78 is 5.95. The van der Waals surface area contributed by atoms with Crippen molar-refractivity contribution in [3.8, 4) is 0 Å². The lowest BCUT2D eigenvalue weighted by Gasteiger charge is -2.03. The molecule has 5 heteroatoms. The number of hydrogen-bond acceptors (Lipinski definition) is 3. The van der Waals surface area contributed by atoms with Crippen LogP contribution in [0.4, 0.5) is 6.01 Å². The van der Waals surface area contributed by atoms with Crippen LogP contribution >= 0.6 is 15.9 Å². The molecule has 0 spiro atoms. The Morgan fingerprint density at radius 2 is 2.18 bits per heavy atom. The van der Waals surface area contributed by atoms with Crippen molar-refractivity contribution >= 4 is 27.9 Å². The average molecular weight is 295 g/mol. The molecule has 0 aliphatic heterocycles. The van der Waals surface area contributed by atoms with Crippen molar-refractivity contribution < 1.29 is 9.21 Å². The van der Waals surface area contributed by atoms with Crippen LogP contribution in [0.1, 0.15) is 21.6 Å². The lowest BCUT2D eigenvalue weighted by atomic mass is 10.1. The maximum Gasteiger partial charge on any atom is 0.301 e. The molecule has 1 heterocycles. The monoisotopic (exact) mass is 294 g/mol. The third kappa shape index (κ3) is 2.74. The van der Waals surface area contributed by atoms with Crippen LogP contribution in [0, 0.1) is 13.8 Å². The summed E-state index contributed by atoms with van der Waals surface area (Å²) >= 11 is 3.38. The van der Waals surface area contributed by atoms with Crippen molar-refractivity contribution in [2.75, 3.05) is 5.32 Å². The van der Waals surface area contributed by atoms with Crippen molar-refractivity contribution in [1.82, 2.24) is 4.98 Å². The number of halogens is 1.